The van der Waals surface area contributed by atoms with Gasteiger partial charge in [0.15, 0.2) is 0 Å². The van der Waals surface area contributed by atoms with Crippen LogP contribution in [0.1, 0.15) is 77.8 Å². The number of fused-ring (bicyclic) bond motifs is 18. The van der Waals surface area contributed by atoms with E-state index in [2.05, 4.69) is 345 Å². The lowest BCUT2D eigenvalue weighted by atomic mass is 9.82. The first-order valence-electron chi connectivity index (χ1n) is 32.8. The summed E-state index contributed by atoms with van der Waals surface area (Å²) in [5, 5.41) is 10.5. The number of hydrogen-bond donors (Lipinski definition) is 0. The van der Waals surface area contributed by atoms with Crippen molar-refractivity contribution in [3.05, 3.63) is 341 Å². The van der Waals surface area contributed by atoms with Crippen LogP contribution < -0.4 is 0 Å². The van der Waals surface area contributed by atoms with E-state index in [1.165, 1.54) is 153 Å². The van der Waals surface area contributed by atoms with Gasteiger partial charge in [-0.25, -0.2) is 0 Å². The van der Waals surface area contributed by atoms with Gasteiger partial charge in [-0.15, -0.1) is 11.3 Å². The average molecular weight is 1240 g/mol. The molecule has 0 spiro atoms. The summed E-state index contributed by atoms with van der Waals surface area (Å²) in [7, 11) is 2.12. The van der Waals surface area contributed by atoms with Gasteiger partial charge in [0.05, 0.1) is 11.0 Å². The molecule has 3 nitrogen and oxygen atoms in total. The summed E-state index contributed by atoms with van der Waals surface area (Å²) >= 11 is 1.87. The van der Waals surface area contributed by atoms with E-state index in [0.717, 1.165) is 11.2 Å². The monoisotopic (exact) mass is 1230 g/mol. The molecule has 94 heavy (non-hydrogen) atoms. The quantitative estimate of drug-likeness (QED) is 0.161. The Hall–Kier alpha value is -10.5. The molecular formula is C90H78N2OS. The van der Waals surface area contributed by atoms with Gasteiger partial charge in [0.25, 0.3) is 0 Å². The smallest absolute Gasteiger partial charge is 0.135 e. The summed E-state index contributed by atoms with van der Waals surface area (Å²) in [6.45, 7) is 20.0. The highest BCUT2D eigenvalue weighted by atomic mass is 32.1. The zero-order chi connectivity index (χ0) is 64.8. The Kier molecular flexibility index (Phi) is 16.3. The van der Waals surface area contributed by atoms with Crippen LogP contribution in [-0.4, -0.2) is 9.13 Å². The van der Waals surface area contributed by atoms with Gasteiger partial charge in [0.1, 0.15) is 11.2 Å². The second-order valence-electron chi connectivity index (χ2n) is 26.4. The van der Waals surface area contributed by atoms with Crippen molar-refractivity contribution < 1.29 is 4.42 Å². The van der Waals surface area contributed by atoms with Crippen molar-refractivity contribution >= 4 is 97.1 Å². The van der Waals surface area contributed by atoms with Crippen molar-refractivity contribution in [1.29, 1.82) is 0 Å². The number of nitrogens with zero attached hydrogens (tertiary/aromatic N) is 2. The van der Waals surface area contributed by atoms with Crippen LogP contribution in [0.15, 0.2) is 296 Å². The van der Waals surface area contributed by atoms with Crippen molar-refractivity contribution in [3.63, 3.8) is 0 Å². The zero-order valence-corrected chi connectivity index (χ0v) is 56.2. The average Bonchev–Trinajstić information content (AvgIpc) is 1.61. The van der Waals surface area contributed by atoms with Crippen molar-refractivity contribution in [2.45, 2.75) is 73.1 Å². The molecule has 460 valence electrons. The topological polar surface area (TPSA) is 23.0 Å². The zero-order valence-electron chi connectivity index (χ0n) is 55.4. The number of furan rings is 1. The number of benzene rings is 13. The van der Waals surface area contributed by atoms with Crippen LogP contribution in [0.4, 0.5) is 0 Å². The van der Waals surface area contributed by atoms with Gasteiger partial charge in [-0.1, -0.05) is 268 Å². The molecule has 19 rings (SSSR count). The summed E-state index contributed by atoms with van der Waals surface area (Å²) in [6, 6.07) is 104. The minimum absolute atomic E-state index is 0.151. The number of rotatable bonds is 1. The van der Waals surface area contributed by atoms with Gasteiger partial charge in [0.2, 0.25) is 0 Å². The largest absolute Gasteiger partial charge is 0.456 e. The normalized spacial score (nSPS) is 12.7. The van der Waals surface area contributed by atoms with Crippen LogP contribution in [0.2, 0.25) is 0 Å². The van der Waals surface area contributed by atoms with Gasteiger partial charge in [-0.2, -0.15) is 0 Å². The molecule has 2 aliphatic rings. The molecule has 0 bridgehead atoms. The number of thiophene rings is 1. The van der Waals surface area contributed by atoms with E-state index in [1.807, 2.05) is 35.6 Å². The van der Waals surface area contributed by atoms with Crippen molar-refractivity contribution in [2.75, 3.05) is 0 Å². The molecule has 4 heterocycles. The Balaban J connectivity index is 0.0000000979. The third-order valence-electron chi connectivity index (χ3n) is 19.2. The molecule has 0 unspecified atom stereocenters. The Labute approximate surface area is 556 Å². The molecule has 0 aliphatic heterocycles. The third-order valence-corrected chi connectivity index (χ3v) is 20.4. The molecule has 0 saturated carbocycles. The van der Waals surface area contributed by atoms with Gasteiger partial charge in [0, 0.05) is 87.1 Å². The Morgan fingerprint density at radius 3 is 1.37 bits per heavy atom. The summed E-state index contributed by atoms with van der Waals surface area (Å²) in [4.78, 5) is 0. The Bertz CT molecular complexity index is 5480. The summed E-state index contributed by atoms with van der Waals surface area (Å²) in [5.41, 5.74) is 26.6. The highest BCUT2D eigenvalue weighted by Crippen LogP contribution is 2.50. The second-order valence-corrected chi connectivity index (χ2v) is 27.5. The lowest BCUT2D eigenvalue weighted by Crippen LogP contribution is -2.14. The molecular weight excluding hydrogens is 1160 g/mol. The van der Waals surface area contributed by atoms with E-state index in [9.17, 15) is 0 Å². The molecule has 13 aromatic carbocycles. The maximum Gasteiger partial charge on any atom is 0.135 e. The highest BCUT2D eigenvalue weighted by molar-refractivity contribution is 7.25. The van der Waals surface area contributed by atoms with Gasteiger partial charge < -0.3 is 13.6 Å². The van der Waals surface area contributed by atoms with E-state index < -0.39 is 0 Å². The van der Waals surface area contributed by atoms with Crippen LogP contribution in [0, 0.1) is 34.6 Å². The number of aromatic nitrogens is 2. The fourth-order valence-corrected chi connectivity index (χ4v) is 15.5. The molecule has 2 aliphatic carbocycles. The van der Waals surface area contributed by atoms with E-state index in [-0.39, 0.29) is 10.8 Å². The highest BCUT2D eigenvalue weighted by Gasteiger charge is 2.36. The van der Waals surface area contributed by atoms with E-state index in [0.29, 0.717) is 0 Å². The Morgan fingerprint density at radius 1 is 0.277 bits per heavy atom. The van der Waals surface area contributed by atoms with E-state index in [1.54, 1.807) is 0 Å². The molecule has 0 atom stereocenters. The van der Waals surface area contributed by atoms with Crippen LogP contribution in [0.25, 0.3) is 114 Å². The molecule has 0 amide bonds. The van der Waals surface area contributed by atoms with Crippen molar-refractivity contribution in [1.82, 2.24) is 9.13 Å². The summed E-state index contributed by atoms with van der Waals surface area (Å²) in [5.74, 6) is 0. The van der Waals surface area contributed by atoms with Gasteiger partial charge in [-0.05, 0) is 158 Å². The first-order valence-corrected chi connectivity index (χ1v) is 33.6. The first-order chi connectivity index (χ1) is 45.6. The number of aryl methyl sites for hydroxylation is 6. The lowest BCUT2D eigenvalue weighted by Gasteiger charge is -2.21. The minimum atomic E-state index is 0.151. The van der Waals surface area contributed by atoms with E-state index in [4.69, 9.17) is 4.42 Å². The molecule has 0 fully saturated rings. The first kappa shape index (κ1) is 61.0. The van der Waals surface area contributed by atoms with Crippen LogP contribution in [0.5, 0.6) is 0 Å². The SMILES string of the molecule is Cc1ccc2c(c1)-c1ccccc1C2(C)C.Cc1ccc2c(c1)C(C)(C)c1ccccc1-2.Cc1ccc2c(c1)c1ccccc1n2-c1ccccc1.Cc1ccc2oc3ccccc3c2c1.Cc1ccc2sc3ccccc3c2c1.Cn1c2ccccc2c2ccccc21. The number of hydrogen-bond acceptors (Lipinski definition) is 2. The predicted molar refractivity (Wildman–Crippen MR) is 406 cm³/mol. The third kappa shape index (κ3) is 11.4. The summed E-state index contributed by atoms with van der Waals surface area (Å²) < 4.78 is 13.1. The van der Waals surface area contributed by atoms with E-state index >= 15 is 0 Å². The second kappa shape index (κ2) is 25.2. The molecule has 0 radical (unpaired) electrons. The standard InChI is InChI=1S/C19H15N.2C16H16.C13H11N.C13H10O.C13H10S/c1-14-11-12-19-17(13-14)16-9-5-6-10-18(16)20(19)15-7-3-2-4-8-15;1-11-8-9-15-13(10-11)12-6-4-5-7-14(12)16(15,2)3;1-11-8-9-13-12-6-4-5-7-14(12)16(2,3)15(13)10-11;1-14-12-8-4-2-6-10(12)11-7-3-5-9-13(11)14;2*1-9-6-7-13-11(8-9)10-4-2-3-5-12(10)14-13/h2-13H,1H3;2*4-10H,1-3H3;2-9H,1H3;2*2-8H,1H3. The van der Waals surface area contributed by atoms with Crippen LogP contribution >= 0.6 is 11.3 Å². The molecule has 4 heteroatoms. The summed E-state index contributed by atoms with van der Waals surface area (Å²) in [6.07, 6.45) is 0. The van der Waals surface area contributed by atoms with Crippen LogP contribution in [-0.2, 0) is 17.9 Å². The maximum absolute atomic E-state index is 5.71. The predicted octanol–water partition coefficient (Wildman–Crippen LogP) is 25.3. The Morgan fingerprint density at radius 2 is 0.691 bits per heavy atom. The number of para-hydroxylation sites is 5. The lowest BCUT2D eigenvalue weighted by molar-refractivity contribution is 0.659. The van der Waals surface area contributed by atoms with Gasteiger partial charge in [-0.3, -0.25) is 0 Å². The minimum Gasteiger partial charge on any atom is -0.456 e. The fourth-order valence-electron chi connectivity index (χ4n) is 14.4. The molecule has 4 aromatic heterocycles. The van der Waals surface area contributed by atoms with Crippen molar-refractivity contribution in [3.8, 4) is 27.9 Å². The van der Waals surface area contributed by atoms with Crippen LogP contribution in [0.3, 0.4) is 0 Å². The van der Waals surface area contributed by atoms with Gasteiger partial charge >= 0.3 is 0 Å². The molecule has 0 saturated heterocycles. The fraction of sp³-hybridized carbons (Fsp3) is 0.133. The van der Waals surface area contributed by atoms with Crippen molar-refractivity contribution in [2.24, 2.45) is 7.05 Å². The molecule has 0 N–H and O–H groups in total. The molecule has 17 aromatic rings. The maximum atomic E-state index is 5.71.